The van der Waals surface area contributed by atoms with Crippen LogP contribution in [0.15, 0.2) is 24.7 Å². The van der Waals surface area contributed by atoms with Gasteiger partial charge in [0.2, 0.25) is 0 Å². The summed E-state index contributed by atoms with van der Waals surface area (Å²) in [5.74, 6) is 1.37. The van der Waals surface area contributed by atoms with Crippen molar-refractivity contribution in [2.45, 2.75) is 39.7 Å². The van der Waals surface area contributed by atoms with Crippen LogP contribution in [-0.4, -0.2) is 15.0 Å². The van der Waals surface area contributed by atoms with Crippen molar-refractivity contribution in [3.05, 3.63) is 41.5 Å². The number of rotatable bonds is 6. The molecule has 0 spiro atoms. The van der Waals surface area contributed by atoms with Gasteiger partial charge in [0.1, 0.15) is 18.0 Å². The van der Waals surface area contributed by atoms with Gasteiger partial charge in [-0.15, -0.1) is 0 Å². The average molecular weight is 271 g/mol. The highest BCUT2D eigenvalue weighted by atomic mass is 15.0. The summed E-state index contributed by atoms with van der Waals surface area (Å²) in [4.78, 5) is 12.8. The van der Waals surface area contributed by atoms with Crippen molar-refractivity contribution in [2.75, 3.05) is 11.1 Å². The first-order valence-corrected chi connectivity index (χ1v) is 7.02. The number of anilines is 2. The van der Waals surface area contributed by atoms with Gasteiger partial charge in [-0.25, -0.2) is 9.97 Å². The maximum absolute atomic E-state index is 5.93. The molecule has 5 nitrogen and oxygen atoms in total. The predicted octanol–water partition coefficient (Wildman–Crippen LogP) is 2.58. The molecule has 0 amide bonds. The van der Waals surface area contributed by atoms with Crippen molar-refractivity contribution in [1.29, 1.82) is 0 Å². The largest absolute Gasteiger partial charge is 0.383 e. The van der Waals surface area contributed by atoms with Gasteiger partial charge in [-0.05, 0) is 24.5 Å². The van der Waals surface area contributed by atoms with Gasteiger partial charge in [-0.1, -0.05) is 26.3 Å². The number of aromatic nitrogens is 3. The molecule has 2 aromatic heterocycles. The summed E-state index contributed by atoms with van der Waals surface area (Å²) in [5.41, 5.74) is 9.22. The molecular formula is C15H21N5. The molecule has 0 atom stereocenters. The summed E-state index contributed by atoms with van der Waals surface area (Å²) in [6.07, 6.45) is 6.17. The van der Waals surface area contributed by atoms with Crippen LogP contribution in [0.4, 0.5) is 11.6 Å². The third-order valence-corrected chi connectivity index (χ3v) is 3.27. The maximum Gasteiger partial charge on any atom is 0.135 e. The fraction of sp³-hybridized carbons (Fsp3) is 0.400. The third-order valence-electron chi connectivity index (χ3n) is 3.27. The molecule has 0 aliphatic heterocycles. The second kappa shape index (κ2) is 6.84. The fourth-order valence-corrected chi connectivity index (χ4v) is 2.19. The van der Waals surface area contributed by atoms with Crippen molar-refractivity contribution in [3.8, 4) is 0 Å². The van der Waals surface area contributed by atoms with Crippen LogP contribution in [0.25, 0.3) is 0 Å². The molecule has 0 saturated carbocycles. The molecular weight excluding hydrogens is 250 g/mol. The number of hydrogen-bond donors (Lipinski definition) is 2. The molecule has 0 bridgehead atoms. The Labute approximate surface area is 119 Å². The Balaban J connectivity index is 2.16. The summed E-state index contributed by atoms with van der Waals surface area (Å²) in [7, 11) is 0. The molecule has 0 aliphatic carbocycles. The van der Waals surface area contributed by atoms with Crippen LogP contribution in [-0.2, 0) is 19.4 Å². The lowest BCUT2D eigenvalue weighted by atomic mass is 10.1. The molecule has 2 aromatic rings. The highest BCUT2D eigenvalue weighted by molar-refractivity contribution is 5.55. The minimum Gasteiger partial charge on any atom is -0.383 e. The van der Waals surface area contributed by atoms with E-state index in [0.717, 1.165) is 36.3 Å². The number of nitrogen functional groups attached to an aromatic ring is 1. The van der Waals surface area contributed by atoms with E-state index in [-0.39, 0.29) is 0 Å². The molecule has 0 aromatic carbocycles. The monoisotopic (exact) mass is 271 g/mol. The van der Waals surface area contributed by atoms with Gasteiger partial charge >= 0.3 is 0 Å². The predicted molar refractivity (Wildman–Crippen MR) is 81.4 cm³/mol. The Bertz CT molecular complexity index is 568. The van der Waals surface area contributed by atoms with Crippen LogP contribution in [0.2, 0.25) is 0 Å². The minimum absolute atomic E-state index is 0.557. The average Bonchev–Trinajstić information content (AvgIpc) is 2.48. The van der Waals surface area contributed by atoms with Gasteiger partial charge in [0.05, 0.1) is 12.2 Å². The number of pyridine rings is 1. The van der Waals surface area contributed by atoms with Gasteiger partial charge in [0.25, 0.3) is 0 Å². The molecule has 2 heterocycles. The van der Waals surface area contributed by atoms with E-state index in [2.05, 4.69) is 40.2 Å². The van der Waals surface area contributed by atoms with Gasteiger partial charge in [0.15, 0.2) is 0 Å². The Morgan fingerprint density at radius 2 is 2.05 bits per heavy atom. The van der Waals surface area contributed by atoms with E-state index in [1.807, 2.05) is 12.3 Å². The van der Waals surface area contributed by atoms with E-state index in [9.17, 15) is 0 Å². The topological polar surface area (TPSA) is 76.7 Å². The van der Waals surface area contributed by atoms with E-state index in [4.69, 9.17) is 5.73 Å². The van der Waals surface area contributed by atoms with Crippen molar-refractivity contribution < 1.29 is 0 Å². The van der Waals surface area contributed by atoms with Crippen molar-refractivity contribution in [2.24, 2.45) is 0 Å². The van der Waals surface area contributed by atoms with Gasteiger partial charge in [-0.3, -0.25) is 4.98 Å². The molecule has 2 rings (SSSR count). The van der Waals surface area contributed by atoms with Crippen molar-refractivity contribution in [1.82, 2.24) is 15.0 Å². The standard InChI is InChI=1S/C15H21N5/c1-3-6-12-14(16)19-10-20-15(12)18-9-13-11(4-2)7-5-8-17-13/h5,7-8,10H,3-4,6,9H2,1-2H3,(H3,16,18,19,20). The van der Waals surface area contributed by atoms with E-state index in [0.29, 0.717) is 12.4 Å². The number of nitrogens with one attached hydrogen (secondary N) is 1. The molecule has 0 fully saturated rings. The van der Waals surface area contributed by atoms with Crippen LogP contribution >= 0.6 is 0 Å². The molecule has 0 unspecified atom stereocenters. The first-order valence-electron chi connectivity index (χ1n) is 7.02. The molecule has 106 valence electrons. The fourth-order valence-electron chi connectivity index (χ4n) is 2.19. The van der Waals surface area contributed by atoms with Crippen LogP contribution in [0, 0.1) is 0 Å². The van der Waals surface area contributed by atoms with E-state index in [1.54, 1.807) is 0 Å². The molecule has 3 N–H and O–H groups in total. The highest BCUT2D eigenvalue weighted by Gasteiger charge is 2.09. The SMILES string of the molecule is CCCc1c(N)ncnc1NCc1ncccc1CC. The van der Waals surface area contributed by atoms with Crippen molar-refractivity contribution >= 4 is 11.6 Å². The summed E-state index contributed by atoms with van der Waals surface area (Å²) < 4.78 is 0. The molecule has 0 aliphatic rings. The second-order valence-corrected chi connectivity index (χ2v) is 4.65. The smallest absolute Gasteiger partial charge is 0.135 e. The molecule has 5 heteroatoms. The zero-order chi connectivity index (χ0) is 14.4. The zero-order valence-corrected chi connectivity index (χ0v) is 12.1. The summed E-state index contributed by atoms with van der Waals surface area (Å²) >= 11 is 0. The van der Waals surface area contributed by atoms with Crippen molar-refractivity contribution in [3.63, 3.8) is 0 Å². The van der Waals surface area contributed by atoms with Crippen LogP contribution < -0.4 is 11.1 Å². The van der Waals surface area contributed by atoms with E-state index >= 15 is 0 Å². The molecule has 20 heavy (non-hydrogen) atoms. The van der Waals surface area contributed by atoms with E-state index in [1.165, 1.54) is 11.9 Å². The lowest BCUT2D eigenvalue weighted by Crippen LogP contribution is -2.10. The number of aryl methyl sites for hydroxylation is 1. The van der Waals surface area contributed by atoms with Gasteiger partial charge < -0.3 is 11.1 Å². The van der Waals surface area contributed by atoms with Crippen LogP contribution in [0.1, 0.15) is 37.1 Å². The Kier molecular flexibility index (Phi) is 4.87. The Morgan fingerprint density at radius 1 is 1.20 bits per heavy atom. The summed E-state index contributed by atoms with van der Waals surface area (Å²) in [6.45, 7) is 4.90. The molecule has 0 saturated heterocycles. The number of nitrogens with two attached hydrogens (primary N) is 1. The van der Waals surface area contributed by atoms with Gasteiger partial charge in [0, 0.05) is 11.8 Å². The molecule has 0 radical (unpaired) electrons. The quantitative estimate of drug-likeness (QED) is 0.844. The number of hydrogen-bond acceptors (Lipinski definition) is 5. The zero-order valence-electron chi connectivity index (χ0n) is 12.1. The minimum atomic E-state index is 0.557. The maximum atomic E-state index is 5.93. The van der Waals surface area contributed by atoms with Crippen LogP contribution in [0.3, 0.4) is 0 Å². The Hall–Kier alpha value is -2.17. The Morgan fingerprint density at radius 3 is 2.80 bits per heavy atom. The normalized spacial score (nSPS) is 10.5. The number of nitrogens with zero attached hydrogens (tertiary/aromatic N) is 3. The summed E-state index contributed by atoms with van der Waals surface area (Å²) in [6, 6.07) is 4.07. The summed E-state index contributed by atoms with van der Waals surface area (Å²) in [5, 5.41) is 3.34. The first kappa shape index (κ1) is 14.2. The third kappa shape index (κ3) is 3.23. The highest BCUT2D eigenvalue weighted by Crippen LogP contribution is 2.20. The van der Waals surface area contributed by atoms with E-state index < -0.39 is 0 Å². The van der Waals surface area contributed by atoms with Crippen LogP contribution in [0.5, 0.6) is 0 Å². The lowest BCUT2D eigenvalue weighted by Gasteiger charge is -2.13. The second-order valence-electron chi connectivity index (χ2n) is 4.65. The van der Waals surface area contributed by atoms with Gasteiger partial charge in [-0.2, -0.15) is 0 Å². The first-order chi connectivity index (χ1) is 9.76. The lowest BCUT2D eigenvalue weighted by molar-refractivity contribution is 0.895.